The number of hydrogen-bond donors (Lipinski definition) is 2. The number of nitrogens with zero attached hydrogens (tertiary/aromatic N) is 2. The highest BCUT2D eigenvalue weighted by molar-refractivity contribution is 5.98. The van der Waals surface area contributed by atoms with Gasteiger partial charge in [0.05, 0.1) is 0 Å². The number of aromatic nitrogens is 2. The number of carbonyl (C=O) groups is 1. The Balaban J connectivity index is 2.35. The first-order valence-electron chi connectivity index (χ1n) is 9.47. The topological polar surface area (TPSA) is 110 Å². The van der Waals surface area contributed by atoms with Gasteiger partial charge in [-0.3, -0.25) is 19.1 Å². The predicted octanol–water partition coefficient (Wildman–Crippen LogP) is 2.05. The van der Waals surface area contributed by atoms with Crippen LogP contribution in [0.15, 0.2) is 33.9 Å². The normalized spacial score (nSPS) is 11.9. The van der Waals surface area contributed by atoms with Crippen LogP contribution in [0.1, 0.15) is 39.2 Å². The molecule has 0 spiro atoms. The number of nitrogens with one attached hydrogen (secondary N) is 1. The number of rotatable bonds is 8. The zero-order valence-corrected chi connectivity index (χ0v) is 16.8. The molecule has 1 aromatic heterocycles. The Morgan fingerprint density at radius 2 is 1.89 bits per heavy atom. The first-order valence-corrected chi connectivity index (χ1v) is 9.47. The zero-order valence-electron chi connectivity index (χ0n) is 16.8. The van der Waals surface area contributed by atoms with E-state index in [4.69, 9.17) is 10.5 Å². The number of nitrogen functional groups attached to an aromatic ring is 1. The number of anilines is 2. The van der Waals surface area contributed by atoms with Crippen LogP contribution in [0.2, 0.25) is 0 Å². The van der Waals surface area contributed by atoms with E-state index in [1.807, 2.05) is 26.0 Å². The largest absolute Gasteiger partial charge is 0.481 e. The fourth-order valence-corrected chi connectivity index (χ4v) is 2.89. The van der Waals surface area contributed by atoms with Gasteiger partial charge in [0.15, 0.2) is 11.8 Å². The van der Waals surface area contributed by atoms with Crippen LogP contribution in [0.4, 0.5) is 11.5 Å². The molecule has 28 heavy (non-hydrogen) atoms. The quantitative estimate of drug-likeness (QED) is 0.719. The van der Waals surface area contributed by atoms with Crippen LogP contribution in [0.5, 0.6) is 5.75 Å². The molecule has 0 aliphatic rings. The smallest absolute Gasteiger partial charge is 0.330 e. The lowest BCUT2D eigenvalue weighted by molar-refractivity contribution is -0.124. The maximum atomic E-state index is 13.0. The van der Waals surface area contributed by atoms with Crippen LogP contribution in [-0.2, 0) is 11.3 Å². The molecular formula is C20H28N4O4. The summed E-state index contributed by atoms with van der Waals surface area (Å²) in [6.45, 7) is 7.87. The van der Waals surface area contributed by atoms with Gasteiger partial charge in [-0.2, -0.15) is 0 Å². The summed E-state index contributed by atoms with van der Waals surface area (Å²) in [5, 5.41) is 0. The molecule has 1 amide bonds. The molecule has 0 bridgehead atoms. The molecule has 0 radical (unpaired) electrons. The second-order valence-electron chi connectivity index (χ2n) is 6.65. The number of benzene rings is 1. The van der Waals surface area contributed by atoms with E-state index in [2.05, 4.69) is 4.98 Å². The minimum absolute atomic E-state index is 0.0139. The first-order chi connectivity index (χ1) is 13.3. The van der Waals surface area contributed by atoms with Gasteiger partial charge in [-0.15, -0.1) is 0 Å². The lowest BCUT2D eigenvalue weighted by atomic mass is 10.2. The molecule has 1 atom stereocenters. The molecule has 0 fully saturated rings. The Kier molecular flexibility index (Phi) is 7.03. The lowest BCUT2D eigenvalue weighted by Gasteiger charge is -2.26. The molecule has 152 valence electrons. The number of carbonyl (C=O) groups excluding carboxylic acids is 1. The number of amides is 1. The summed E-state index contributed by atoms with van der Waals surface area (Å²) in [4.78, 5) is 41.0. The molecule has 1 aromatic carbocycles. The molecule has 8 nitrogen and oxygen atoms in total. The van der Waals surface area contributed by atoms with Crippen LogP contribution >= 0.6 is 0 Å². The lowest BCUT2D eigenvalue weighted by Crippen LogP contribution is -2.45. The highest BCUT2D eigenvalue weighted by atomic mass is 16.5. The van der Waals surface area contributed by atoms with Gasteiger partial charge in [0.1, 0.15) is 11.6 Å². The number of hydrogen-bond acceptors (Lipinski definition) is 5. The molecule has 1 unspecified atom stereocenters. The summed E-state index contributed by atoms with van der Waals surface area (Å²) in [5.41, 5.74) is 5.91. The van der Waals surface area contributed by atoms with E-state index in [1.54, 1.807) is 26.0 Å². The molecule has 2 rings (SSSR count). The van der Waals surface area contributed by atoms with Gasteiger partial charge in [-0.1, -0.05) is 31.0 Å². The standard InChI is InChI=1S/C20H28N4O4/c1-5-7-12-24-17(21)16(18(25)22-20(24)27)23(6-2)19(26)14(4)28-15-10-8-13(3)9-11-15/h8-11,14H,5-7,12,21H2,1-4H3,(H,22,25,27). The third-order valence-electron chi connectivity index (χ3n) is 4.48. The Hall–Kier alpha value is -3.03. The summed E-state index contributed by atoms with van der Waals surface area (Å²) < 4.78 is 7.01. The number of likely N-dealkylation sites (N-methyl/N-ethyl adjacent to an activating group) is 1. The number of nitrogens with two attached hydrogens (primary N) is 1. The average Bonchev–Trinajstić information content (AvgIpc) is 2.66. The molecule has 1 heterocycles. The van der Waals surface area contributed by atoms with Crippen molar-refractivity contribution in [2.24, 2.45) is 0 Å². The van der Waals surface area contributed by atoms with E-state index < -0.39 is 23.3 Å². The average molecular weight is 388 g/mol. The van der Waals surface area contributed by atoms with Gasteiger partial charge >= 0.3 is 5.69 Å². The molecule has 0 aliphatic carbocycles. The summed E-state index contributed by atoms with van der Waals surface area (Å²) in [6.07, 6.45) is 0.748. The number of unbranched alkanes of at least 4 members (excludes halogenated alkanes) is 1. The third kappa shape index (κ3) is 4.62. The van der Waals surface area contributed by atoms with Crippen LogP contribution < -0.4 is 26.6 Å². The molecule has 0 saturated carbocycles. The van der Waals surface area contributed by atoms with E-state index in [0.717, 1.165) is 18.4 Å². The van der Waals surface area contributed by atoms with Crippen molar-refractivity contribution in [3.05, 3.63) is 50.7 Å². The van der Waals surface area contributed by atoms with Crippen molar-refractivity contribution in [1.82, 2.24) is 9.55 Å². The van der Waals surface area contributed by atoms with E-state index in [1.165, 1.54) is 9.47 Å². The highest BCUT2D eigenvalue weighted by Gasteiger charge is 2.27. The van der Waals surface area contributed by atoms with Crippen molar-refractivity contribution < 1.29 is 9.53 Å². The fraction of sp³-hybridized carbons (Fsp3) is 0.450. The molecular weight excluding hydrogens is 360 g/mol. The van der Waals surface area contributed by atoms with Gasteiger partial charge < -0.3 is 15.4 Å². The molecule has 3 N–H and O–H groups in total. The Labute approximate surface area is 163 Å². The molecule has 8 heteroatoms. The van der Waals surface area contributed by atoms with Gasteiger partial charge in [0.25, 0.3) is 11.5 Å². The number of ether oxygens (including phenoxy) is 1. The van der Waals surface area contributed by atoms with E-state index in [-0.39, 0.29) is 18.1 Å². The molecule has 2 aromatic rings. The van der Waals surface area contributed by atoms with Crippen LogP contribution in [0.25, 0.3) is 0 Å². The maximum Gasteiger partial charge on any atom is 0.330 e. The van der Waals surface area contributed by atoms with E-state index >= 15 is 0 Å². The van der Waals surface area contributed by atoms with Crippen LogP contribution in [0, 0.1) is 6.92 Å². The Morgan fingerprint density at radius 3 is 2.46 bits per heavy atom. The molecule has 0 aliphatic heterocycles. The van der Waals surface area contributed by atoms with Gasteiger partial charge in [0, 0.05) is 13.1 Å². The van der Waals surface area contributed by atoms with Crippen molar-refractivity contribution in [2.75, 3.05) is 17.2 Å². The van der Waals surface area contributed by atoms with Crippen LogP contribution in [0.3, 0.4) is 0 Å². The van der Waals surface area contributed by atoms with Gasteiger partial charge in [0.2, 0.25) is 0 Å². The van der Waals surface area contributed by atoms with E-state index in [9.17, 15) is 14.4 Å². The predicted molar refractivity (Wildman–Crippen MR) is 110 cm³/mol. The SMILES string of the molecule is CCCCn1c(N)c(N(CC)C(=O)C(C)Oc2ccc(C)cc2)c(=O)[nH]c1=O. The highest BCUT2D eigenvalue weighted by Crippen LogP contribution is 2.20. The van der Waals surface area contributed by atoms with Crippen molar-refractivity contribution >= 4 is 17.4 Å². The zero-order chi connectivity index (χ0) is 20.8. The summed E-state index contributed by atoms with van der Waals surface area (Å²) in [7, 11) is 0. The van der Waals surface area contributed by atoms with Gasteiger partial charge in [-0.25, -0.2) is 4.79 Å². The number of aromatic amines is 1. The second kappa shape index (κ2) is 9.25. The molecule has 0 saturated heterocycles. The minimum Gasteiger partial charge on any atom is -0.481 e. The summed E-state index contributed by atoms with van der Waals surface area (Å²) >= 11 is 0. The maximum absolute atomic E-state index is 13.0. The number of aryl methyl sites for hydroxylation is 1. The van der Waals surface area contributed by atoms with Crippen LogP contribution in [-0.4, -0.2) is 28.1 Å². The summed E-state index contributed by atoms with van der Waals surface area (Å²) in [6, 6.07) is 7.33. The fourth-order valence-electron chi connectivity index (χ4n) is 2.89. The van der Waals surface area contributed by atoms with E-state index in [0.29, 0.717) is 12.3 Å². The Bertz CT molecular complexity index is 931. The van der Waals surface area contributed by atoms with Crippen molar-refractivity contribution in [1.29, 1.82) is 0 Å². The van der Waals surface area contributed by atoms with Crippen molar-refractivity contribution in [2.45, 2.75) is 53.2 Å². The van der Waals surface area contributed by atoms with Gasteiger partial charge in [-0.05, 0) is 39.3 Å². The van der Waals surface area contributed by atoms with Crippen molar-refractivity contribution in [3.8, 4) is 5.75 Å². The minimum atomic E-state index is -0.836. The first kappa shape index (κ1) is 21.3. The second-order valence-corrected chi connectivity index (χ2v) is 6.65. The monoisotopic (exact) mass is 388 g/mol. The van der Waals surface area contributed by atoms with Crippen molar-refractivity contribution in [3.63, 3.8) is 0 Å². The number of H-pyrrole nitrogens is 1. The Morgan fingerprint density at radius 1 is 1.25 bits per heavy atom. The third-order valence-corrected chi connectivity index (χ3v) is 4.48. The summed E-state index contributed by atoms with van der Waals surface area (Å²) in [5.74, 6) is 0.123.